The molecule has 3 aromatic rings. The van der Waals surface area contributed by atoms with E-state index in [1.165, 1.54) is 4.57 Å². The molecule has 0 amide bonds. The van der Waals surface area contributed by atoms with Crippen molar-refractivity contribution in [3.8, 4) is 0 Å². The van der Waals surface area contributed by atoms with E-state index in [1.807, 2.05) is 30.3 Å². The Hall–Kier alpha value is -2.71. The number of rotatable bonds is 7. The first kappa shape index (κ1) is 18.1. The Morgan fingerprint density at radius 2 is 1.65 bits per heavy atom. The number of hydrogen-bond donors (Lipinski definition) is 2. The van der Waals surface area contributed by atoms with E-state index in [0.29, 0.717) is 17.5 Å². The topological polar surface area (TPSA) is 101 Å². The molecule has 8 heteroatoms. The highest BCUT2D eigenvalue weighted by atomic mass is 32.2. The molecule has 0 saturated heterocycles. The van der Waals surface area contributed by atoms with Crippen LogP contribution in [0.25, 0.3) is 11.0 Å². The Labute approximate surface area is 150 Å². The third-order valence-electron chi connectivity index (χ3n) is 4.04. The minimum absolute atomic E-state index is 0.0322. The number of H-pyrrole nitrogens is 1. The summed E-state index contributed by atoms with van der Waals surface area (Å²) in [5.74, 6) is -0.0396. The van der Waals surface area contributed by atoms with Gasteiger partial charge in [-0.15, -0.1) is 0 Å². The van der Waals surface area contributed by atoms with E-state index < -0.39 is 21.1 Å². The summed E-state index contributed by atoms with van der Waals surface area (Å²) >= 11 is 0. The molecule has 3 rings (SSSR count). The Bertz CT molecular complexity index is 1120. The lowest BCUT2D eigenvalue weighted by Gasteiger charge is -2.11. The molecule has 2 N–H and O–H groups in total. The molecule has 0 aliphatic rings. The molecule has 136 valence electrons. The maximum atomic E-state index is 12.1. The van der Waals surface area contributed by atoms with Gasteiger partial charge in [0.1, 0.15) is 0 Å². The van der Waals surface area contributed by atoms with Crippen molar-refractivity contribution in [2.75, 3.05) is 12.3 Å². The van der Waals surface area contributed by atoms with Gasteiger partial charge in [0, 0.05) is 13.1 Å². The van der Waals surface area contributed by atoms with Gasteiger partial charge in [0.2, 0.25) is 10.0 Å². The van der Waals surface area contributed by atoms with Crippen LogP contribution in [-0.2, 0) is 23.0 Å². The summed E-state index contributed by atoms with van der Waals surface area (Å²) in [7, 11) is -3.48. The van der Waals surface area contributed by atoms with Gasteiger partial charge in [-0.25, -0.2) is 13.1 Å². The zero-order chi connectivity index (χ0) is 18.6. The largest absolute Gasteiger partial charge is 0.316 e. The normalized spacial score (nSPS) is 11.7. The quantitative estimate of drug-likeness (QED) is 0.600. The predicted molar refractivity (Wildman–Crippen MR) is 101 cm³/mol. The minimum Gasteiger partial charge on any atom is -0.316 e. The van der Waals surface area contributed by atoms with E-state index in [4.69, 9.17) is 0 Å². The Kier molecular flexibility index (Phi) is 5.34. The van der Waals surface area contributed by atoms with Gasteiger partial charge in [0.15, 0.2) is 0 Å². The first-order chi connectivity index (χ1) is 12.5. The number of benzene rings is 2. The molecule has 0 atom stereocenters. The van der Waals surface area contributed by atoms with Gasteiger partial charge >= 0.3 is 11.1 Å². The molecule has 0 radical (unpaired) electrons. The minimum atomic E-state index is -3.48. The molecule has 1 heterocycles. The number of aryl methyl sites for hydroxylation is 1. The fraction of sp³-hybridized carbons (Fsp3) is 0.222. The van der Waals surface area contributed by atoms with Crippen molar-refractivity contribution in [2.45, 2.75) is 13.0 Å². The maximum Gasteiger partial charge on any atom is 0.316 e. The molecule has 0 spiro atoms. The van der Waals surface area contributed by atoms with Crippen LogP contribution in [0.5, 0.6) is 0 Å². The number of para-hydroxylation sites is 2. The standard InChI is InChI=1S/C18H19N3O4S/c22-17-18(23)21(16-9-5-4-8-15(16)20-17)12-11-19-26(24,25)13-10-14-6-2-1-3-7-14/h1-9,19H,10-13H2,(H,20,22). The molecule has 0 saturated carbocycles. The third kappa shape index (κ3) is 4.27. The summed E-state index contributed by atoms with van der Waals surface area (Å²) in [5.41, 5.74) is 0.599. The molecule has 0 aliphatic carbocycles. The maximum absolute atomic E-state index is 12.1. The summed E-state index contributed by atoms with van der Waals surface area (Å²) in [6.45, 7) is 0.109. The predicted octanol–water partition coefficient (Wildman–Crippen LogP) is 0.852. The highest BCUT2D eigenvalue weighted by Crippen LogP contribution is 2.07. The van der Waals surface area contributed by atoms with Crippen molar-refractivity contribution in [2.24, 2.45) is 0 Å². The molecule has 0 unspecified atom stereocenters. The summed E-state index contributed by atoms with van der Waals surface area (Å²) in [5, 5.41) is 0. The van der Waals surface area contributed by atoms with Crippen LogP contribution in [0.4, 0.5) is 0 Å². The number of sulfonamides is 1. The van der Waals surface area contributed by atoms with Gasteiger partial charge in [-0.3, -0.25) is 9.59 Å². The van der Waals surface area contributed by atoms with Crippen LogP contribution in [0.2, 0.25) is 0 Å². The molecule has 0 bridgehead atoms. The molecular formula is C18H19N3O4S. The number of fused-ring (bicyclic) bond motifs is 1. The van der Waals surface area contributed by atoms with Crippen molar-refractivity contribution in [3.05, 3.63) is 80.9 Å². The molecule has 2 aromatic carbocycles. The monoisotopic (exact) mass is 373 g/mol. The first-order valence-electron chi connectivity index (χ1n) is 8.19. The first-order valence-corrected chi connectivity index (χ1v) is 9.85. The van der Waals surface area contributed by atoms with Crippen LogP contribution in [0.1, 0.15) is 5.56 Å². The van der Waals surface area contributed by atoms with Gasteiger partial charge < -0.3 is 9.55 Å². The van der Waals surface area contributed by atoms with E-state index in [1.54, 1.807) is 24.3 Å². The summed E-state index contributed by atoms with van der Waals surface area (Å²) in [6, 6.07) is 16.2. The Morgan fingerprint density at radius 1 is 0.962 bits per heavy atom. The van der Waals surface area contributed by atoms with Crippen molar-refractivity contribution < 1.29 is 8.42 Å². The molecule has 1 aromatic heterocycles. The van der Waals surface area contributed by atoms with Crippen LogP contribution in [0.15, 0.2) is 64.2 Å². The van der Waals surface area contributed by atoms with Crippen LogP contribution in [0.3, 0.4) is 0 Å². The zero-order valence-electron chi connectivity index (χ0n) is 14.0. The van der Waals surface area contributed by atoms with Gasteiger partial charge in [0.05, 0.1) is 16.8 Å². The molecule has 0 aliphatic heterocycles. The average Bonchev–Trinajstić information content (AvgIpc) is 2.64. The van der Waals surface area contributed by atoms with Crippen LogP contribution >= 0.6 is 0 Å². The summed E-state index contributed by atoms with van der Waals surface area (Å²) < 4.78 is 28.1. The van der Waals surface area contributed by atoms with Crippen molar-refractivity contribution in [3.63, 3.8) is 0 Å². The average molecular weight is 373 g/mol. The van der Waals surface area contributed by atoms with Crippen molar-refractivity contribution in [1.29, 1.82) is 0 Å². The summed E-state index contributed by atoms with van der Waals surface area (Å²) in [4.78, 5) is 26.4. The SMILES string of the molecule is O=c1[nH]c2ccccc2n(CCNS(=O)(=O)CCc2ccccc2)c1=O. The second kappa shape index (κ2) is 7.67. The van der Waals surface area contributed by atoms with E-state index >= 15 is 0 Å². The molecule has 26 heavy (non-hydrogen) atoms. The van der Waals surface area contributed by atoms with Gasteiger partial charge in [-0.1, -0.05) is 42.5 Å². The van der Waals surface area contributed by atoms with Gasteiger partial charge in [-0.05, 0) is 24.1 Å². The van der Waals surface area contributed by atoms with E-state index in [-0.39, 0.29) is 18.8 Å². The fourth-order valence-corrected chi connectivity index (χ4v) is 3.78. The second-order valence-electron chi connectivity index (χ2n) is 5.88. The van der Waals surface area contributed by atoms with E-state index in [9.17, 15) is 18.0 Å². The van der Waals surface area contributed by atoms with E-state index in [0.717, 1.165) is 5.56 Å². The van der Waals surface area contributed by atoms with Crippen LogP contribution in [0, 0.1) is 0 Å². The second-order valence-corrected chi connectivity index (χ2v) is 7.80. The lowest BCUT2D eigenvalue weighted by Crippen LogP contribution is -2.39. The molecule has 0 fully saturated rings. The van der Waals surface area contributed by atoms with E-state index in [2.05, 4.69) is 9.71 Å². The summed E-state index contributed by atoms with van der Waals surface area (Å²) in [6.07, 6.45) is 0.407. The zero-order valence-corrected chi connectivity index (χ0v) is 14.8. The number of aromatic nitrogens is 2. The smallest absolute Gasteiger partial charge is 0.316 e. The molecular weight excluding hydrogens is 354 g/mol. The lowest BCUT2D eigenvalue weighted by atomic mass is 10.2. The highest BCUT2D eigenvalue weighted by Gasteiger charge is 2.12. The number of hydrogen-bond acceptors (Lipinski definition) is 4. The number of nitrogens with zero attached hydrogens (tertiary/aromatic N) is 1. The van der Waals surface area contributed by atoms with Gasteiger partial charge in [0.25, 0.3) is 0 Å². The highest BCUT2D eigenvalue weighted by molar-refractivity contribution is 7.89. The number of aromatic amines is 1. The van der Waals surface area contributed by atoms with Crippen LogP contribution in [-0.4, -0.2) is 30.3 Å². The Morgan fingerprint density at radius 3 is 2.42 bits per heavy atom. The molecule has 7 nitrogen and oxygen atoms in total. The van der Waals surface area contributed by atoms with Crippen molar-refractivity contribution in [1.82, 2.24) is 14.3 Å². The lowest BCUT2D eigenvalue weighted by molar-refractivity contribution is 0.571. The van der Waals surface area contributed by atoms with Crippen molar-refractivity contribution >= 4 is 21.1 Å². The fourth-order valence-electron chi connectivity index (χ4n) is 2.73. The third-order valence-corrected chi connectivity index (χ3v) is 5.43. The van der Waals surface area contributed by atoms with Crippen LogP contribution < -0.4 is 15.8 Å². The Balaban J connectivity index is 1.68. The number of nitrogens with one attached hydrogen (secondary N) is 2. The van der Waals surface area contributed by atoms with Gasteiger partial charge in [-0.2, -0.15) is 0 Å².